The van der Waals surface area contributed by atoms with Gasteiger partial charge >= 0.3 is 0 Å². The maximum atomic E-state index is 14.2. The van der Waals surface area contributed by atoms with Gasteiger partial charge in [0.05, 0.1) is 5.52 Å². The van der Waals surface area contributed by atoms with Crippen LogP contribution in [0.25, 0.3) is 11.0 Å². The zero-order valence-electron chi connectivity index (χ0n) is 12.0. The van der Waals surface area contributed by atoms with E-state index in [1.54, 1.807) is 0 Å². The molecule has 0 amide bonds. The first-order valence-electron chi connectivity index (χ1n) is 7.17. The highest BCUT2D eigenvalue weighted by Gasteiger charge is 2.24. The molecule has 1 saturated heterocycles. The Kier molecular flexibility index (Phi) is 4.13. The molecule has 1 fully saturated rings. The van der Waals surface area contributed by atoms with Gasteiger partial charge in [-0.05, 0) is 38.1 Å². The van der Waals surface area contributed by atoms with Crippen LogP contribution in [0.1, 0.15) is 12.2 Å². The average molecular weight is 314 g/mol. The topological polar surface area (TPSA) is 21.1 Å². The van der Waals surface area contributed by atoms with Crippen molar-refractivity contribution in [1.82, 2.24) is 14.5 Å². The van der Waals surface area contributed by atoms with E-state index < -0.39 is 11.6 Å². The molecular formula is C15H18ClF2N3. The number of benzene rings is 1. The lowest BCUT2D eigenvalue weighted by molar-refractivity contribution is 0.377. The molecule has 0 aliphatic carbocycles. The fourth-order valence-electron chi connectivity index (χ4n) is 3.11. The Morgan fingerprint density at radius 2 is 2.19 bits per heavy atom. The lowest BCUT2D eigenvalue weighted by Gasteiger charge is -2.15. The van der Waals surface area contributed by atoms with E-state index in [-0.39, 0.29) is 5.52 Å². The third-order valence-corrected chi connectivity index (χ3v) is 4.32. The molecule has 3 nitrogen and oxygen atoms in total. The number of nitrogens with zero attached hydrogens (tertiary/aromatic N) is 3. The molecule has 114 valence electrons. The normalized spacial score (nSPS) is 19.7. The van der Waals surface area contributed by atoms with Crippen LogP contribution in [0.3, 0.4) is 0 Å². The first-order chi connectivity index (χ1) is 10.1. The predicted octanol–water partition coefficient (Wildman–Crippen LogP) is 3.05. The SMILES string of the molecule is CN1CCC(Cn2c(CCCl)nc3ccc(F)c(F)c32)C1. The summed E-state index contributed by atoms with van der Waals surface area (Å²) in [6.45, 7) is 2.67. The van der Waals surface area contributed by atoms with Crippen LogP contribution >= 0.6 is 11.6 Å². The van der Waals surface area contributed by atoms with Crippen LogP contribution in [-0.4, -0.2) is 40.5 Å². The number of hydrogen-bond donors (Lipinski definition) is 0. The van der Waals surface area contributed by atoms with Gasteiger partial charge in [0.2, 0.25) is 0 Å². The zero-order valence-corrected chi connectivity index (χ0v) is 12.7. The van der Waals surface area contributed by atoms with Crippen molar-refractivity contribution < 1.29 is 8.78 Å². The van der Waals surface area contributed by atoms with Crippen LogP contribution in [0.4, 0.5) is 8.78 Å². The largest absolute Gasteiger partial charge is 0.325 e. The van der Waals surface area contributed by atoms with Gasteiger partial charge in [0.15, 0.2) is 11.6 Å². The molecule has 1 aliphatic heterocycles. The molecule has 21 heavy (non-hydrogen) atoms. The first kappa shape index (κ1) is 14.7. The van der Waals surface area contributed by atoms with Crippen LogP contribution in [0, 0.1) is 17.6 Å². The first-order valence-corrected chi connectivity index (χ1v) is 7.71. The Morgan fingerprint density at radius 3 is 2.86 bits per heavy atom. The van der Waals surface area contributed by atoms with Crippen molar-refractivity contribution in [2.24, 2.45) is 5.92 Å². The number of imidazole rings is 1. The number of fused-ring (bicyclic) bond motifs is 1. The van der Waals surface area contributed by atoms with E-state index in [2.05, 4.69) is 16.9 Å². The van der Waals surface area contributed by atoms with Crippen molar-refractivity contribution in [3.8, 4) is 0 Å². The lowest BCUT2D eigenvalue weighted by atomic mass is 10.1. The Labute approximate surface area is 127 Å². The second kappa shape index (κ2) is 5.89. The second-order valence-corrected chi connectivity index (χ2v) is 6.10. The molecule has 0 N–H and O–H groups in total. The molecule has 1 aromatic heterocycles. The van der Waals surface area contributed by atoms with Gasteiger partial charge in [0.25, 0.3) is 0 Å². The number of alkyl halides is 1. The molecule has 1 aliphatic rings. The summed E-state index contributed by atoms with van der Waals surface area (Å²) in [7, 11) is 2.08. The van der Waals surface area contributed by atoms with Gasteiger partial charge < -0.3 is 9.47 Å². The standard InChI is InChI=1S/C15H18ClF2N3/c1-20-7-5-10(8-20)9-21-13(4-6-16)19-12-3-2-11(17)14(18)15(12)21/h2-3,10H,4-9H2,1H3. The van der Waals surface area contributed by atoms with Crippen LogP contribution in [0.5, 0.6) is 0 Å². The van der Waals surface area contributed by atoms with Crippen LogP contribution in [-0.2, 0) is 13.0 Å². The molecule has 6 heteroatoms. The van der Waals surface area contributed by atoms with Crippen LogP contribution < -0.4 is 0 Å². The van der Waals surface area contributed by atoms with Gasteiger partial charge in [-0.2, -0.15) is 0 Å². The minimum absolute atomic E-state index is 0.268. The van der Waals surface area contributed by atoms with Crippen molar-refractivity contribution in [1.29, 1.82) is 0 Å². The van der Waals surface area contributed by atoms with E-state index in [4.69, 9.17) is 11.6 Å². The number of aryl methyl sites for hydroxylation is 1. The van der Waals surface area contributed by atoms with Crippen LogP contribution in [0.15, 0.2) is 12.1 Å². The highest BCUT2D eigenvalue weighted by atomic mass is 35.5. The summed E-state index contributed by atoms with van der Waals surface area (Å²) in [5.41, 5.74) is 0.769. The maximum Gasteiger partial charge on any atom is 0.184 e. The van der Waals surface area contributed by atoms with E-state index in [1.165, 1.54) is 6.07 Å². The summed E-state index contributed by atoms with van der Waals surface area (Å²) in [6, 6.07) is 2.66. The number of hydrogen-bond acceptors (Lipinski definition) is 2. The Morgan fingerprint density at radius 1 is 1.38 bits per heavy atom. The summed E-state index contributed by atoms with van der Waals surface area (Å²) in [6.07, 6.45) is 1.62. The number of halogens is 3. The molecular weight excluding hydrogens is 296 g/mol. The maximum absolute atomic E-state index is 14.2. The molecule has 1 atom stereocenters. The van der Waals surface area contributed by atoms with Gasteiger partial charge in [-0.15, -0.1) is 11.6 Å². The van der Waals surface area contributed by atoms with Gasteiger partial charge in [0, 0.05) is 25.4 Å². The van der Waals surface area contributed by atoms with Crippen LogP contribution in [0.2, 0.25) is 0 Å². The highest BCUT2D eigenvalue weighted by Crippen LogP contribution is 2.26. The van der Waals surface area contributed by atoms with E-state index in [0.29, 0.717) is 30.3 Å². The summed E-state index contributed by atoms with van der Waals surface area (Å²) in [5.74, 6) is -0.0576. The molecule has 2 heterocycles. The van der Waals surface area contributed by atoms with Crippen molar-refractivity contribution in [2.75, 3.05) is 26.0 Å². The van der Waals surface area contributed by atoms with Gasteiger partial charge in [0.1, 0.15) is 11.3 Å². The number of rotatable bonds is 4. The summed E-state index contributed by atoms with van der Waals surface area (Å²) < 4.78 is 29.6. The minimum Gasteiger partial charge on any atom is -0.325 e. The van der Waals surface area contributed by atoms with E-state index in [1.807, 2.05) is 4.57 Å². The fraction of sp³-hybridized carbons (Fsp3) is 0.533. The second-order valence-electron chi connectivity index (χ2n) is 5.72. The molecule has 3 rings (SSSR count). The summed E-state index contributed by atoms with van der Waals surface area (Å²) in [5, 5.41) is 0. The Hall–Kier alpha value is -1.20. The third-order valence-electron chi connectivity index (χ3n) is 4.13. The molecule has 2 aromatic rings. The summed E-state index contributed by atoms with van der Waals surface area (Å²) in [4.78, 5) is 6.68. The smallest absolute Gasteiger partial charge is 0.184 e. The highest BCUT2D eigenvalue weighted by molar-refractivity contribution is 6.17. The van der Waals surface area contributed by atoms with Gasteiger partial charge in [-0.3, -0.25) is 0 Å². The van der Waals surface area contributed by atoms with E-state index >= 15 is 0 Å². The monoisotopic (exact) mass is 313 g/mol. The van der Waals surface area contributed by atoms with Crippen molar-refractivity contribution in [3.63, 3.8) is 0 Å². The molecule has 0 radical (unpaired) electrons. The zero-order chi connectivity index (χ0) is 15.0. The average Bonchev–Trinajstić information content (AvgIpc) is 3.00. The Bertz CT molecular complexity index is 656. The van der Waals surface area contributed by atoms with Gasteiger partial charge in [-0.1, -0.05) is 0 Å². The Balaban J connectivity index is 2.04. The van der Waals surface area contributed by atoms with Crippen molar-refractivity contribution >= 4 is 22.6 Å². The number of likely N-dealkylation sites (tertiary alicyclic amines) is 1. The predicted molar refractivity (Wildman–Crippen MR) is 79.7 cm³/mol. The van der Waals surface area contributed by atoms with Crippen molar-refractivity contribution in [3.05, 3.63) is 29.6 Å². The molecule has 1 aromatic carbocycles. The summed E-state index contributed by atoms with van der Waals surface area (Å²) >= 11 is 5.82. The lowest BCUT2D eigenvalue weighted by Crippen LogP contribution is -2.18. The van der Waals surface area contributed by atoms with Gasteiger partial charge in [-0.25, -0.2) is 13.8 Å². The molecule has 0 bridgehead atoms. The number of aromatic nitrogens is 2. The third kappa shape index (κ3) is 2.77. The van der Waals surface area contributed by atoms with E-state index in [9.17, 15) is 8.78 Å². The fourth-order valence-corrected chi connectivity index (χ4v) is 3.28. The molecule has 0 saturated carbocycles. The quantitative estimate of drug-likeness (QED) is 0.809. The molecule has 1 unspecified atom stereocenters. The van der Waals surface area contributed by atoms with E-state index in [0.717, 1.165) is 31.4 Å². The minimum atomic E-state index is -0.829. The van der Waals surface area contributed by atoms with Crippen molar-refractivity contribution in [2.45, 2.75) is 19.4 Å². The molecule has 0 spiro atoms.